The number of aryl methyl sites for hydroxylation is 1. The number of hydrogen-bond acceptors (Lipinski definition) is 5. The van der Waals surface area contributed by atoms with E-state index in [2.05, 4.69) is 20.8 Å². The van der Waals surface area contributed by atoms with Crippen molar-refractivity contribution < 1.29 is 9.53 Å². The number of hydrogen-bond donors (Lipinski definition) is 2. The van der Waals surface area contributed by atoms with Crippen LogP contribution in [-0.4, -0.2) is 29.3 Å². The number of nitrogens with zero attached hydrogens (tertiary/aromatic N) is 2. The second-order valence-corrected chi connectivity index (χ2v) is 5.77. The third kappa shape index (κ3) is 4.32. The van der Waals surface area contributed by atoms with Gasteiger partial charge >= 0.3 is 0 Å². The Morgan fingerprint density at radius 1 is 1.26 bits per heavy atom. The van der Waals surface area contributed by atoms with Crippen molar-refractivity contribution in [2.24, 2.45) is 0 Å². The molecular formula is C16H19ClN4O2. The van der Waals surface area contributed by atoms with Crippen molar-refractivity contribution in [2.75, 3.05) is 12.4 Å². The monoisotopic (exact) mass is 334 g/mol. The molecule has 0 saturated heterocycles. The molecule has 6 nitrogen and oxygen atoms in total. The van der Waals surface area contributed by atoms with Gasteiger partial charge in [0.25, 0.3) is 5.91 Å². The largest absolute Gasteiger partial charge is 0.495 e. The Labute approximate surface area is 140 Å². The van der Waals surface area contributed by atoms with Gasteiger partial charge < -0.3 is 15.4 Å². The summed E-state index contributed by atoms with van der Waals surface area (Å²) in [4.78, 5) is 11.8. The quantitative estimate of drug-likeness (QED) is 0.877. The van der Waals surface area contributed by atoms with E-state index in [-0.39, 0.29) is 17.6 Å². The molecule has 0 aliphatic heterocycles. The average molecular weight is 335 g/mol. The lowest BCUT2D eigenvalue weighted by Gasteiger charge is -2.12. The average Bonchev–Trinajstić information content (AvgIpc) is 2.50. The fourth-order valence-corrected chi connectivity index (χ4v) is 2.08. The fraction of sp³-hybridized carbons (Fsp3) is 0.312. The maximum atomic E-state index is 11.8. The summed E-state index contributed by atoms with van der Waals surface area (Å²) in [5, 5.41) is 14.4. The number of amides is 1. The van der Waals surface area contributed by atoms with Gasteiger partial charge in [0.2, 0.25) is 0 Å². The number of aromatic nitrogens is 2. The van der Waals surface area contributed by atoms with Gasteiger partial charge in [-0.15, -0.1) is 10.2 Å². The van der Waals surface area contributed by atoms with E-state index in [9.17, 15) is 4.79 Å². The molecule has 1 aromatic heterocycles. The van der Waals surface area contributed by atoms with Crippen LogP contribution in [0.15, 0.2) is 24.3 Å². The summed E-state index contributed by atoms with van der Waals surface area (Å²) in [5.74, 6) is 0.856. The predicted molar refractivity (Wildman–Crippen MR) is 90.7 cm³/mol. The number of nitrogens with one attached hydrogen (secondary N) is 2. The van der Waals surface area contributed by atoms with Gasteiger partial charge in [0.1, 0.15) is 5.75 Å². The van der Waals surface area contributed by atoms with Gasteiger partial charge in [-0.1, -0.05) is 11.6 Å². The van der Waals surface area contributed by atoms with Crippen LogP contribution in [-0.2, 0) is 0 Å². The van der Waals surface area contributed by atoms with Crippen LogP contribution >= 0.6 is 11.6 Å². The number of rotatable bonds is 5. The molecule has 0 atom stereocenters. The molecule has 0 saturated carbocycles. The number of anilines is 2. The molecule has 2 rings (SSSR count). The number of carbonyl (C=O) groups is 1. The Morgan fingerprint density at radius 3 is 2.57 bits per heavy atom. The molecule has 0 aliphatic carbocycles. The maximum absolute atomic E-state index is 11.8. The molecule has 0 radical (unpaired) electrons. The first-order valence-electron chi connectivity index (χ1n) is 7.16. The van der Waals surface area contributed by atoms with Crippen LogP contribution < -0.4 is 15.4 Å². The van der Waals surface area contributed by atoms with Gasteiger partial charge in [-0.3, -0.25) is 4.79 Å². The van der Waals surface area contributed by atoms with E-state index in [0.717, 1.165) is 11.3 Å². The number of ether oxygens (including phenoxy) is 1. The van der Waals surface area contributed by atoms with Gasteiger partial charge in [0.05, 0.1) is 12.8 Å². The van der Waals surface area contributed by atoms with E-state index in [1.54, 1.807) is 25.3 Å². The summed E-state index contributed by atoms with van der Waals surface area (Å²) >= 11 is 6.08. The third-order valence-electron chi connectivity index (χ3n) is 3.06. The van der Waals surface area contributed by atoms with Crippen LogP contribution in [0, 0.1) is 6.92 Å². The minimum atomic E-state index is -0.251. The zero-order chi connectivity index (χ0) is 17.0. The topological polar surface area (TPSA) is 76.1 Å². The van der Waals surface area contributed by atoms with Crippen LogP contribution in [0.5, 0.6) is 5.75 Å². The SMILES string of the molecule is COc1cc(Cl)c(C)cc1Nc1ccc(C(=O)NC(C)C)nn1. The second kappa shape index (κ2) is 7.28. The summed E-state index contributed by atoms with van der Waals surface area (Å²) in [6.45, 7) is 5.67. The van der Waals surface area contributed by atoms with E-state index in [4.69, 9.17) is 16.3 Å². The molecule has 2 aromatic rings. The fourth-order valence-electron chi connectivity index (χ4n) is 1.92. The van der Waals surface area contributed by atoms with Gasteiger partial charge in [0, 0.05) is 17.1 Å². The van der Waals surface area contributed by atoms with Crippen molar-refractivity contribution >= 4 is 29.0 Å². The number of benzene rings is 1. The molecule has 122 valence electrons. The highest BCUT2D eigenvalue weighted by atomic mass is 35.5. The summed E-state index contributed by atoms with van der Waals surface area (Å²) in [7, 11) is 1.57. The van der Waals surface area contributed by atoms with Crippen LogP contribution in [0.25, 0.3) is 0 Å². The predicted octanol–water partition coefficient (Wildman–Crippen LogP) is 3.33. The van der Waals surface area contributed by atoms with Gasteiger partial charge in [0.15, 0.2) is 11.5 Å². The van der Waals surface area contributed by atoms with Crippen LogP contribution in [0.2, 0.25) is 5.02 Å². The molecule has 0 aliphatic rings. The molecule has 7 heteroatoms. The lowest BCUT2D eigenvalue weighted by molar-refractivity contribution is 0.0937. The molecular weight excluding hydrogens is 316 g/mol. The van der Waals surface area contributed by atoms with E-state index in [1.165, 1.54) is 0 Å². The number of carbonyl (C=O) groups excluding carboxylic acids is 1. The molecule has 0 bridgehead atoms. The summed E-state index contributed by atoms with van der Waals surface area (Å²) < 4.78 is 5.30. The van der Waals surface area contributed by atoms with Crippen molar-refractivity contribution in [3.8, 4) is 5.75 Å². The minimum absolute atomic E-state index is 0.0448. The molecule has 0 spiro atoms. The van der Waals surface area contributed by atoms with E-state index in [0.29, 0.717) is 16.6 Å². The number of methoxy groups -OCH3 is 1. The lowest BCUT2D eigenvalue weighted by Crippen LogP contribution is -2.30. The summed E-state index contributed by atoms with van der Waals surface area (Å²) in [5.41, 5.74) is 1.91. The van der Waals surface area contributed by atoms with Crippen molar-refractivity contribution in [2.45, 2.75) is 26.8 Å². The van der Waals surface area contributed by atoms with Crippen molar-refractivity contribution in [3.05, 3.63) is 40.5 Å². The van der Waals surface area contributed by atoms with Crippen molar-refractivity contribution in [3.63, 3.8) is 0 Å². The van der Waals surface area contributed by atoms with E-state index < -0.39 is 0 Å². The highest BCUT2D eigenvalue weighted by Gasteiger charge is 2.11. The Hall–Kier alpha value is -2.34. The summed E-state index contributed by atoms with van der Waals surface area (Å²) in [6, 6.07) is 6.94. The van der Waals surface area contributed by atoms with Gasteiger partial charge in [-0.25, -0.2) is 0 Å². The highest BCUT2D eigenvalue weighted by Crippen LogP contribution is 2.32. The van der Waals surface area contributed by atoms with Crippen molar-refractivity contribution in [1.82, 2.24) is 15.5 Å². The Balaban J connectivity index is 2.18. The third-order valence-corrected chi connectivity index (χ3v) is 3.47. The number of halogens is 1. The molecule has 2 N–H and O–H groups in total. The van der Waals surface area contributed by atoms with Crippen molar-refractivity contribution in [1.29, 1.82) is 0 Å². The first-order chi connectivity index (χ1) is 10.9. The normalized spacial score (nSPS) is 10.5. The maximum Gasteiger partial charge on any atom is 0.271 e. The zero-order valence-electron chi connectivity index (χ0n) is 13.5. The van der Waals surface area contributed by atoms with Gasteiger partial charge in [-0.05, 0) is 44.5 Å². The Bertz CT molecular complexity index is 702. The van der Waals surface area contributed by atoms with Crippen LogP contribution in [0.3, 0.4) is 0 Å². The Morgan fingerprint density at radius 2 is 2.00 bits per heavy atom. The van der Waals surface area contributed by atoms with E-state index >= 15 is 0 Å². The Kier molecular flexibility index (Phi) is 5.39. The molecule has 1 aromatic carbocycles. The first-order valence-corrected chi connectivity index (χ1v) is 7.54. The second-order valence-electron chi connectivity index (χ2n) is 5.36. The molecule has 1 amide bonds. The smallest absolute Gasteiger partial charge is 0.271 e. The molecule has 23 heavy (non-hydrogen) atoms. The van der Waals surface area contributed by atoms with Crippen LogP contribution in [0.4, 0.5) is 11.5 Å². The highest BCUT2D eigenvalue weighted by molar-refractivity contribution is 6.31. The molecule has 0 fully saturated rings. The van der Waals surface area contributed by atoms with E-state index in [1.807, 2.05) is 26.8 Å². The van der Waals surface area contributed by atoms with Gasteiger partial charge in [-0.2, -0.15) is 0 Å². The zero-order valence-corrected chi connectivity index (χ0v) is 14.2. The molecule has 1 heterocycles. The van der Waals surface area contributed by atoms with Crippen LogP contribution in [0.1, 0.15) is 29.9 Å². The molecule has 0 unspecified atom stereocenters. The summed E-state index contributed by atoms with van der Waals surface area (Å²) in [6.07, 6.45) is 0. The lowest BCUT2D eigenvalue weighted by atomic mass is 10.2. The minimum Gasteiger partial charge on any atom is -0.495 e. The first kappa shape index (κ1) is 17.0. The standard InChI is InChI=1S/C16H19ClN4O2/c1-9(2)18-16(22)12-5-6-15(21-20-12)19-13-7-10(3)11(17)8-14(13)23-4/h5-9H,1-4H3,(H,18,22)(H,19,21).